The van der Waals surface area contributed by atoms with Gasteiger partial charge in [-0.25, -0.2) is 0 Å². The van der Waals surface area contributed by atoms with Crippen LogP contribution in [0.4, 0.5) is 5.69 Å². The SMILES string of the molecule is COc1ccc(Br)c(NCC(=O)NCC#N)c1. The van der Waals surface area contributed by atoms with Crippen molar-refractivity contribution in [3.05, 3.63) is 22.7 Å². The Morgan fingerprint density at radius 3 is 3.00 bits per heavy atom. The third-order valence-corrected chi connectivity index (χ3v) is 2.67. The van der Waals surface area contributed by atoms with E-state index in [1.54, 1.807) is 13.2 Å². The summed E-state index contributed by atoms with van der Waals surface area (Å²) in [6, 6.07) is 7.26. The first-order valence-electron chi connectivity index (χ1n) is 4.88. The minimum Gasteiger partial charge on any atom is -0.497 e. The highest BCUT2D eigenvalue weighted by Crippen LogP contribution is 2.26. The fourth-order valence-electron chi connectivity index (χ4n) is 1.14. The number of nitriles is 1. The lowest BCUT2D eigenvalue weighted by Crippen LogP contribution is -2.30. The Kier molecular flexibility index (Phi) is 5.30. The number of nitrogens with one attached hydrogen (secondary N) is 2. The van der Waals surface area contributed by atoms with Crippen LogP contribution in [0.5, 0.6) is 5.75 Å². The normalized spacial score (nSPS) is 9.24. The second-order valence-corrected chi connectivity index (χ2v) is 3.99. The maximum absolute atomic E-state index is 11.3. The Balaban J connectivity index is 2.57. The molecule has 0 unspecified atom stereocenters. The minimum atomic E-state index is -0.235. The van der Waals surface area contributed by atoms with E-state index in [-0.39, 0.29) is 19.0 Å². The third-order valence-electron chi connectivity index (χ3n) is 1.98. The van der Waals surface area contributed by atoms with Gasteiger partial charge in [0.25, 0.3) is 0 Å². The van der Waals surface area contributed by atoms with Crippen LogP contribution in [0.1, 0.15) is 0 Å². The first kappa shape index (κ1) is 13.3. The molecule has 1 aromatic rings. The molecule has 0 spiro atoms. The number of anilines is 1. The van der Waals surface area contributed by atoms with E-state index in [1.807, 2.05) is 18.2 Å². The van der Waals surface area contributed by atoms with E-state index in [1.165, 1.54) is 0 Å². The Hall–Kier alpha value is -1.74. The van der Waals surface area contributed by atoms with Gasteiger partial charge >= 0.3 is 0 Å². The maximum atomic E-state index is 11.3. The van der Waals surface area contributed by atoms with E-state index in [0.717, 1.165) is 10.2 Å². The number of carbonyl (C=O) groups is 1. The van der Waals surface area contributed by atoms with Crippen molar-refractivity contribution < 1.29 is 9.53 Å². The molecule has 0 aliphatic heterocycles. The van der Waals surface area contributed by atoms with Crippen molar-refractivity contribution >= 4 is 27.5 Å². The summed E-state index contributed by atoms with van der Waals surface area (Å²) in [5.41, 5.74) is 0.761. The van der Waals surface area contributed by atoms with E-state index in [4.69, 9.17) is 10.00 Å². The van der Waals surface area contributed by atoms with Gasteiger partial charge < -0.3 is 15.4 Å². The van der Waals surface area contributed by atoms with Crippen LogP contribution in [0.3, 0.4) is 0 Å². The molecule has 90 valence electrons. The van der Waals surface area contributed by atoms with Crippen molar-refractivity contribution in [2.75, 3.05) is 25.5 Å². The number of methoxy groups -OCH3 is 1. The quantitative estimate of drug-likeness (QED) is 0.808. The van der Waals surface area contributed by atoms with Gasteiger partial charge in [0.05, 0.1) is 25.4 Å². The average Bonchev–Trinajstić information content (AvgIpc) is 2.35. The van der Waals surface area contributed by atoms with Crippen LogP contribution in [-0.2, 0) is 4.79 Å². The van der Waals surface area contributed by atoms with Gasteiger partial charge in [-0.15, -0.1) is 0 Å². The van der Waals surface area contributed by atoms with Crippen LogP contribution in [0.15, 0.2) is 22.7 Å². The van der Waals surface area contributed by atoms with E-state index in [0.29, 0.717) is 5.75 Å². The Bertz CT molecular complexity index is 443. The summed E-state index contributed by atoms with van der Waals surface area (Å²) < 4.78 is 5.92. The number of hydrogen-bond acceptors (Lipinski definition) is 4. The van der Waals surface area contributed by atoms with Crippen molar-refractivity contribution in [3.8, 4) is 11.8 Å². The fraction of sp³-hybridized carbons (Fsp3) is 0.273. The van der Waals surface area contributed by atoms with Gasteiger partial charge in [0.1, 0.15) is 12.3 Å². The predicted molar refractivity (Wildman–Crippen MR) is 67.8 cm³/mol. The highest BCUT2D eigenvalue weighted by Gasteiger charge is 2.04. The second kappa shape index (κ2) is 6.76. The van der Waals surface area contributed by atoms with Crippen LogP contribution in [0.25, 0.3) is 0 Å². The second-order valence-electron chi connectivity index (χ2n) is 3.13. The highest BCUT2D eigenvalue weighted by atomic mass is 79.9. The van der Waals surface area contributed by atoms with Crippen molar-refractivity contribution in [2.45, 2.75) is 0 Å². The topological polar surface area (TPSA) is 74.2 Å². The van der Waals surface area contributed by atoms with E-state index < -0.39 is 0 Å². The van der Waals surface area contributed by atoms with Crippen LogP contribution in [-0.4, -0.2) is 26.1 Å². The Morgan fingerprint density at radius 1 is 1.59 bits per heavy atom. The summed E-state index contributed by atoms with van der Waals surface area (Å²) in [6.45, 7) is 0.118. The van der Waals surface area contributed by atoms with Crippen LogP contribution < -0.4 is 15.4 Å². The van der Waals surface area contributed by atoms with Crippen molar-refractivity contribution in [1.29, 1.82) is 5.26 Å². The molecule has 0 atom stereocenters. The van der Waals surface area contributed by atoms with Gasteiger partial charge in [-0.05, 0) is 28.1 Å². The zero-order valence-electron chi connectivity index (χ0n) is 9.29. The van der Waals surface area contributed by atoms with Crippen LogP contribution in [0.2, 0.25) is 0 Å². The van der Waals surface area contributed by atoms with Crippen molar-refractivity contribution in [3.63, 3.8) is 0 Å². The first-order valence-corrected chi connectivity index (χ1v) is 5.67. The van der Waals surface area contributed by atoms with Gasteiger partial charge in [0, 0.05) is 10.5 Å². The summed E-state index contributed by atoms with van der Waals surface area (Å²) in [5, 5.41) is 13.7. The molecule has 0 radical (unpaired) electrons. The predicted octanol–water partition coefficient (Wildman–Crippen LogP) is 1.51. The van der Waals surface area contributed by atoms with Gasteiger partial charge in [0.2, 0.25) is 5.91 Å². The molecule has 0 saturated carbocycles. The summed E-state index contributed by atoms with van der Waals surface area (Å²) in [4.78, 5) is 11.3. The van der Waals surface area contributed by atoms with Gasteiger partial charge in [-0.2, -0.15) is 5.26 Å². The fourth-order valence-corrected chi connectivity index (χ4v) is 1.53. The molecule has 0 saturated heterocycles. The molecule has 0 aromatic heterocycles. The molecule has 1 rings (SSSR count). The number of benzene rings is 1. The number of hydrogen-bond donors (Lipinski definition) is 2. The molecular weight excluding hydrogens is 286 g/mol. The number of nitrogens with zero attached hydrogens (tertiary/aromatic N) is 1. The number of amides is 1. The first-order chi connectivity index (χ1) is 8.17. The van der Waals surface area contributed by atoms with Crippen LogP contribution in [0, 0.1) is 11.3 Å². The standard InChI is InChI=1S/C11H12BrN3O2/c1-17-8-2-3-9(12)10(6-8)15-7-11(16)14-5-4-13/h2-3,6,15H,5,7H2,1H3,(H,14,16). The molecule has 0 heterocycles. The van der Waals surface area contributed by atoms with Crippen LogP contribution >= 0.6 is 15.9 Å². The zero-order chi connectivity index (χ0) is 12.7. The van der Waals surface area contributed by atoms with Gasteiger partial charge in [0.15, 0.2) is 0 Å². The van der Waals surface area contributed by atoms with Gasteiger partial charge in [-0.1, -0.05) is 0 Å². The molecule has 0 bridgehead atoms. The minimum absolute atomic E-state index is 0.0137. The largest absolute Gasteiger partial charge is 0.497 e. The van der Waals surface area contributed by atoms with Crippen molar-refractivity contribution in [2.24, 2.45) is 0 Å². The summed E-state index contributed by atoms with van der Waals surface area (Å²) in [7, 11) is 1.58. The molecule has 0 fully saturated rings. The maximum Gasteiger partial charge on any atom is 0.240 e. The third kappa shape index (κ3) is 4.33. The number of ether oxygens (including phenoxy) is 1. The average molecular weight is 298 g/mol. The van der Waals surface area contributed by atoms with E-state index in [9.17, 15) is 4.79 Å². The Labute approximate surface area is 108 Å². The number of rotatable bonds is 5. The molecule has 1 aromatic carbocycles. The Morgan fingerprint density at radius 2 is 2.35 bits per heavy atom. The smallest absolute Gasteiger partial charge is 0.240 e. The summed E-state index contributed by atoms with van der Waals surface area (Å²) in [6.07, 6.45) is 0. The molecule has 5 nitrogen and oxygen atoms in total. The number of halogens is 1. The molecule has 0 aliphatic carbocycles. The lowest BCUT2D eigenvalue weighted by molar-refractivity contribution is -0.119. The summed E-state index contributed by atoms with van der Waals surface area (Å²) >= 11 is 3.36. The molecule has 1 amide bonds. The van der Waals surface area contributed by atoms with Crippen molar-refractivity contribution in [1.82, 2.24) is 5.32 Å². The molecule has 2 N–H and O–H groups in total. The molecule has 0 aliphatic rings. The van der Waals surface area contributed by atoms with E-state index >= 15 is 0 Å². The zero-order valence-corrected chi connectivity index (χ0v) is 10.9. The molecule has 6 heteroatoms. The highest BCUT2D eigenvalue weighted by molar-refractivity contribution is 9.10. The monoisotopic (exact) mass is 297 g/mol. The lowest BCUT2D eigenvalue weighted by Gasteiger charge is -2.09. The molecule has 17 heavy (non-hydrogen) atoms. The van der Waals surface area contributed by atoms with E-state index in [2.05, 4.69) is 26.6 Å². The number of carbonyl (C=O) groups excluding carboxylic acids is 1. The van der Waals surface area contributed by atoms with Gasteiger partial charge in [-0.3, -0.25) is 4.79 Å². The summed E-state index contributed by atoms with van der Waals surface area (Å²) in [5.74, 6) is 0.467. The molecular formula is C11H12BrN3O2. The lowest BCUT2D eigenvalue weighted by atomic mass is 10.3.